The first-order valence-electron chi connectivity index (χ1n) is 6.61. The van der Waals surface area contributed by atoms with Gasteiger partial charge in [0.05, 0.1) is 0 Å². The summed E-state index contributed by atoms with van der Waals surface area (Å²) in [6, 6.07) is 14.1. The van der Waals surface area contributed by atoms with E-state index in [9.17, 15) is 8.42 Å². The van der Waals surface area contributed by atoms with Crippen molar-refractivity contribution in [2.24, 2.45) is 0 Å². The lowest BCUT2D eigenvalue weighted by atomic mass is 10.1. The van der Waals surface area contributed by atoms with E-state index in [-0.39, 0.29) is 4.90 Å². The Morgan fingerprint density at radius 1 is 1.05 bits per heavy atom. The maximum Gasteiger partial charge on any atom is 0.339 e. The van der Waals surface area contributed by atoms with Crippen LogP contribution in [0.25, 0.3) is 5.76 Å². The van der Waals surface area contributed by atoms with Crippen molar-refractivity contribution < 1.29 is 12.6 Å². The maximum atomic E-state index is 12.3. The van der Waals surface area contributed by atoms with Crippen LogP contribution in [0.2, 0.25) is 0 Å². The lowest BCUT2D eigenvalue weighted by Crippen LogP contribution is -2.13. The van der Waals surface area contributed by atoms with Crippen molar-refractivity contribution in [1.82, 2.24) is 0 Å². The number of fused-ring (bicyclic) bond motifs is 1. The molecule has 1 heterocycles. The molecule has 0 saturated heterocycles. The predicted molar refractivity (Wildman–Crippen MR) is 82.4 cm³/mol. The second-order valence-electron chi connectivity index (χ2n) is 4.85. The second-order valence-corrected chi connectivity index (χ2v) is 6.39. The summed E-state index contributed by atoms with van der Waals surface area (Å²) in [5, 5.41) is 3.17. The van der Waals surface area contributed by atoms with E-state index in [0.717, 1.165) is 16.8 Å². The van der Waals surface area contributed by atoms with Gasteiger partial charge in [0.25, 0.3) is 0 Å². The topological polar surface area (TPSA) is 55.4 Å². The van der Waals surface area contributed by atoms with E-state index >= 15 is 0 Å². The van der Waals surface area contributed by atoms with E-state index in [1.165, 1.54) is 0 Å². The molecule has 0 spiro atoms. The summed E-state index contributed by atoms with van der Waals surface area (Å²) in [5.41, 5.74) is 2.62. The fourth-order valence-electron chi connectivity index (χ4n) is 2.17. The number of anilines is 1. The van der Waals surface area contributed by atoms with Gasteiger partial charge in [-0.2, -0.15) is 8.42 Å². The van der Waals surface area contributed by atoms with E-state index in [1.54, 1.807) is 30.3 Å². The summed E-state index contributed by atoms with van der Waals surface area (Å²) in [5.74, 6) is 0.366. The fourth-order valence-corrected chi connectivity index (χ4v) is 3.13. The Hall–Kier alpha value is -2.27. The van der Waals surface area contributed by atoms with Crippen LogP contribution in [0.1, 0.15) is 11.1 Å². The van der Waals surface area contributed by atoms with E-state index in [4.69, 9.17) is 4.18 Å². The van der Waals surface area contributed by atoms with Crippen molar-refractivity contribution in [3.05, 3.63) is 65.7 Å². The van der Waals surface area contributed by atoms with Crippen LogP contribution in [-0.2, 0) is 14.3 Å². The lowest BCUT2D eigenvalue weighted by Gasteiger charge is -2.19. The molecule has 0 amide bonds. The molecule has 108 valence electrons. The van der Waals surface area contributed by atoms with E-state index < -0.39 is 10.1 Å². The number of aryl methyl sites for hydroxylation is 1. The molecule has 1 aliphatic rings. The summed E-state index contributed by atoms with van der Waals surface area (Å²) in [6.45, 7) is 2.44. The zero-order valence-corrected chi connectivity index (χ0v) is 12.4. The highest BCUT2D eigenvalue weighted by atomic mass is 32.2. The van der Waals surface area contributed by atoms with E-state index in [2.05, 4.69) is 5.32 Å². The van der Waals surface area contributed by atoms with Gasteiger partial charge >= 0.3 is 10.1 Å². The Morgan fingerprint density at radius 2 is 1.76 bits per heavy atom. The van der Waals surface area contributed by atoms with Crippen LogP contribution in [-0.4, -0.2) is 15.0 Å². The Balaban J connectivity index is 1.93. The van der Waals surface area contributed by atoms with Crippen molar-refractivity contribution in [1.29, 1.82) is 0 Å². The molecule has 0 bridgehead atoms. The van der Waals surface area contributed by atoms with Gasteiger partial charge in [0.2, 0.25) is 0 Å². The number of nitrogens with one attached hydrogen (secondary N) is 1. The smallest absolute Gasteiger partial charge is 0.339 e. The van der Waals surface area contributed by atoms with Crippen molar-refractivity contribution in [3.63, 3.8) is 0 Å². The maximum absolute atomic E-state index is 12.3. The minimum atomic E-state index is -3.82. The minimum Gasteiger partial charge on any atom is -0.381 e. The van der Waals surface area contributed by atoms with Crippen LogP contribution in [0.5, 0.6) is 0 Å². The first kappa shape index (κ1) is 13.7. The third-order valence-corrected chi connectivity index (χ3v) is 4.53. The average molecular weight is 301 g/mol. The molecule has 0 radical (unpaired) electrons. The lowest BCUT2D eigenvalue weighted by molar-refractivity contribution is 0.462. The highest BCUT2D eigenvalue weighted by molar-refractivity contribution is 7.87. The van der Waals surface area contributed by atoms with Crippen molar-refractivity contribution in [2.75, 3.05) is 11.9 Å². The molecule has 3 rings (SSSR count). The van der Waals surface area contributed by atoms with Gasteiger partial charge in [-0.05, 0) is 37.3 Å². The molecule has 0 unspecified atom stereocenters. The molecule has 2 aromatic rings. The molecule has 2 aromatic carbocycles. The highest BCUT2D eigenvalue weighted by Crippen LogP contribution is 2.30. The number of para-hydroxylation sites is 1. The standard InChI is InChI=1S/C16H15NO3S/c1-12-6-8-13(9-7-12)21(18,19)20-16-10-11-17-15-5-3-2-4-14(15)16/h2-10,17H,11H2,1H3. The van der Waals surface area contributed by atoms with Crippen molar-refractivity contribution in [3.8, 4) is 0 Å². The third kappa shape index (κ3) is 2.78. The van der Waals surface area contributed by atoms with Gasteiger partial charge in [0, 0.05) is 17.8 Å². The quantitative estimate of drug-likeness (QED) is 0.885. The molecule has 5 heteroatoms. The molecule has 1 aliphatic heterocycles. The molecular weight excluding hydrogens is 286 g/mol. The zero-order chi connectivity index (χ0) is 14.9. The Morgan fingerprint density at radius 3 is 2.52 bits per heavy atom. The zero-order valence-electron chi connectivity index (χ0n) is 11.5. The Labute approximate surface area is 124 Å². The van der Waals surface area contributed by atoms with Gasteiger partial charge in [-0.3, -0.25) is 0 Å². The van der Waals surface area contributed by atoms with Crippen LogP contribution < -0.4 is 5.32 Å². The number of hydrogen-bond donors (Lipinski definition) is 1. The normalized spacial score (nSPS) is 13.9. The van der Waals surface area contributed by atoms with Crippen LogP contribution in [0.3, 0.4) is 0 Å². The monoisotopic (exact) mass is 301 g/mol. The molecule has 0 aliphatic carbocycles. The molecular formula is C16H15NO3S. The van der Waals surface area contributed by atoms with E-state index in [1.807, 2.05) is 31.2 Å². The van der Waals surface area contributed by atoms with Gasteiger partial charge < -0.3 is 9.50 Å². The molecule has 0 atom stereocenters. The number of rotatable bonds is 3. The Bertz CT molecular complexity index is 793. The van der Waals surface area contributed by atoms with Crippen LogP contribution >= 0.6 is 0 Å². The van der Waals surface area contributed by atoms with Crippen LogP contribution in [0.4, 0.5) is 5.69 Å². The molecule has 0 fully saturated rings. The fraction of sp³-hybridized carbons (Fsp3) is 0.125. The molecule has 1 N–H and O–H groups in total. The molecule has 0 aromatic heterocycles. The SMILES string of the molecule is Cc1ccc(S(=O)(=O)OC2=CCNc3ccccc32)cc1. The molecule has 4 nitrogen and oxygen atoms in total. The Kier molecular flexibility index (Phi) is 3.43. The number of benzene rings is 2. The largest absolute Gasteiger partial charge is 0.381 e. The first-order chi connectivity index (χ1) is 10.1. The van der Waals surface area contributed by atoms with Crippen molar-refractivity contribution >= 4 is 21.6 Å². The van der Waals surface area contributed by atoms with E-state index in [0.29, 0.717) is 12.3 Å². The minimum absolute atomic E-state index is 0.157. The molecule has 21 heavy (non-hydrogen) atoms. The summed E-state index contributed by atoms with van der Waals surface area (Å²) in [7, 11) is -3.82. The molecule has 0 saturated carbocycles. The van der Waals surface area contributed by atoms with Gasteiger partial charge in [0.1, 0.15) is 10.7 Å². The predicted octanol–water partition coefficient (Wildman–Crippen LogP) is 3.17. The van der Waals surface area contributed by atoms with Gasteiger partial charge in [-0.1, -0.05) is 29.8 Å². The van der Waals surface area contributed by atoms with Gasteiger partial charge in [-0.15, -0.1) is 0 Å². The van der Waals surface area contributed by atoms with Crippen LogP contribution in [0, 0.1) is 6.92 Å². The summed E-state index contributed by atoms with van der Waals surface area (Å²) >= 11 is 0. The summed E-state index contributed by atoms with van der Waals surface area (Å²) < 4.78 is 30.0. The number of hydrogen-bond acceptors (Lipinski definition) is 4. The highest BCUT2D eigenvalue weighted by Gasteiger charge is 2.21. The third-order valence-electron chi connectivity index (χ3n) is 3.28. The first-order valence-corrected chi connectivity index (χ1v) is 8.02. The summed E-state index contributed by atoms with van der Waals surface area (Å²) in [4.78, 5) is 0.157. The average Bonchev–Trinajstić information content (AvgIpc) is 2.48. The van der Waals surface area contributed by atoms with Gasteiger partial charge in [-0.25, -0.2) is 0 Å². The van der Waals surface area contributed by atoms with Crippen molar-refractivity contribution in [2.45, 2.75) is 11.8 Å². The van der Waals surface area contributed by atoms with Gasteiger partial charge in [0.15, 0.2) is 0 Å². The van der Waals surface area contributed by atoms with Crippen LogP contribution in [0.15, 0.2) is 59.5 Å². The summed E-state index contributed by atoms with van der Waals surface area (Å²) in [6.07, 6.45) is 1.73. The second kappa shape index (κ2) is 5.26.